The summed E-state index contributed by atoms with van der Waals surface area (Å²) in [4.78, 5) is 0. The molecule has 2 aromatic rings. The number of aliphatic hydroxyl groups excluding tert-OH is 1. The Balaban J connectivity index is 2.22. The van der Waals surface area contributed by atoms with Crippen molar-refractivity contribution in [2.75, 3.05) is 19.7 Å². The number of benzene rings is 1. The summed E-state index contributed by atoms with van der Waals surface area (Å²) in [6, 6.07) is 8.54. The van der Waals surface area contributed by atoms with E-state index >= 15 is 0 Å². The Kier molecular flexibility index (Phi) is 4.27. The van der Waals surface area contributed by atoms with E-state index in [1.54, 1.807) is 0 Å². The Hall–Kier alpha value is -1.32. The molecule has 0 amide bonds. The number of aryl methyl sites for hydroxylation is 1. The lowest BCUT2D eigenvalue weighted by atomic mass is 9.84. The van der Waals surface area contributed by atoms with Crippen LogP contribution in [0.15, 0.2) is 30.5 Å². The van der Waals surface area contributed by atoms with Gasteiger partial charge in [0.15, 0.2) is 0 Å². The van der Waals surface area contributed by atoms with Gasteiger partial charge in [0.1, 0.15) is 0 Å². The van der Waals surface area contributed by atoms with Gasteiger partial charge in [-0.1, -0.05) is 32.0 Å². The minimum atomic E-state index is 0.0797. The van der Waals surface area contributed by atoms with Crippen molar-refractivity contribution in [3.63, 3.8) is 0 Å². The maximum Gasteiger partial charge on any atom is 0.0480 e. The van der Waals surface area contributed by atoms with Gasteiger partial charge in [-0.2, -0.15) is 0 Å². The fraction of sp³-hybridized carbons (Fsp3) is 0.500. The molecule has 0 aliphatic carbocycles. The van der Waals surface area contributed by atoms with E-state index in [2.05, 4.69) is 61.2 Å². The molecule has 1 heterocycles. The molecule has 0 saturated carbocycles. The monoisotopic (exact) mass is 260 g/mol. The van der Waals surface area contributed by atoms with Crippen molar-refractivity contribution >= 4 is 10.9 Å². The average Bonchev–Trinajstić information content (AvgIpc) is 2.74. The van der Waals surface area contributed by atoms with Gasteiger partial charge in [0, 0.05) is 42.7 Å². The Labute approximate surface area is 115 Å². The average molecular weight is 260 g/mol. The highest BCUT2D eigenvalue weighted by molar-refractivity contribution is 5.85. The number of fused-ring (bicyclic) bond motifs is 1. The fourth-order valence-corrected chi connectivity index (χ4v) is 2.58. The molecule has 0 fully saturated rings. The lowest BCUT2D eigenvalue weighted by molar-refractivity contribution is 0.284. The second kappa shape index (κ2) is 5.76. The van der Waals surface area contributed by atoms with Gasteiger partial charge in [-0.05, 0) is 24.6 Å². The summed E-state index contributed by atoms with van der Waals surface area (Å²) in [5.74, 6) is 0. The molecule has 3 nitrogen and oxygen atoms in total. The molecule has 0 radical (unpaired) electrons. The van der Waals surface area contributed by atoms with Gasteiger partial charge in [-0.25, -0.2) is 0 Å². The molecule has 1 aromatic carbocycles. The van der Waals surface area contributed by atoms with Crippen LogP contribution in [0.2, 0.25) is 0 Å². The highest BCUT2D eigenvalue weighted by Gasteiger charge is 2.24. The zero-order valence-electron chi connectivity index (χ0n) is 12.1. The number of rotatable bonds is 6. The topological polar surface area (TPSA) is 37.2 Å². The van der Waals surface area contributed by atoms with Crippen molar-refractivity contribution in [3.05, 3.63) is 36.0 Å². The SMILES string of the molecule is Cn1cc(C(C)(C)CNCCCO)c2ccccc21. The van der Waals surface area contributed by atoms with Crippen LogP contribution in [0.3, 0.4) is 0 Å². The molecule has 0 saturated heterocycles. The van der Waals surface area contributed by atoms with Gasteiger partial charge in [-0.3, -0.25) is 0 Å². The van der Waals surface area contributed by atoms with Crippen molar-refractivity contribution in [3.8, 4) is 0 Å². The zero-order valence-corrected chi connectivity index (χ0v) is 12.1. The number of nitrogens with zero attached hydrogens (tertiary/aromatic N) is 1. The predicted octanol–water partition coefficient (Wildman–Crippen LogP) is 2.43. The number of hydrogen-bond acceptors (Lipinski definition) is 2. The first-order chi connectivity index (χ1) is 9.06. The molecule has 104 valence electrons. The quantitative estimate of drug-likeness (QED) is 0.783. The van der Waals surface area contributed by atoms with Crippen molar-refractivity contribution in [1.82, 2.24) is 9.88 Å². The largest absolute Gasteiger partial charge is 0.396 e. The van der Waals surface area contributed by atoms with Gasteiger partial charge in [0.2, 0.25) is 0 Å². The van der Waals surface area contributed by atoms with Crippen LogP contribution in [0.5, 0.6) is 0 Å². The molecule has 2 rings (SSSR count). The maximum absolute atomic E-state index is 8.81. The normalized spacial score (nSPS) is 12.2. The lowest BCUT2D eigenvalue weighted by Gasteiger charge is -2.25. The number of aliphatic hydroxyl groups is 1. The molecule has 0 bridgehead atoms. The zero-order chi connectivity index (χ0) is 13.9. The van der Waals surface area contributed by atoms with Crippen molar-refractivity contribution in [1.29, 1.82) is 0 Å². The standard InChI is InChI=1S/C16H24N2O/c1-16(2,12-17-9-6-10-19)14-11-18(3)15-8-5-4-7-13(14)15/h4-5,7-8,11,17,19H,6,9-10,12H2,1-3H3. The maximum atomic E-state index is 8.81. The summed E-state index contributed by atoms with van der Waals surface area (Å²) in [6.07, 6.45) is 3.05. The molecule has 2 N–H and O–H groups in total. The van der Waals surface area contributed by atoms with Crippen molar-refractivity contribution < 1.29 is 5.11 Å². The van der Waals surface area contributed by atoms with Crippen LogP contribution in [0.25, 0.3) is 10.9 Å². The molecule has 0 unspecified atom stereocenters. The minimum Gasteiger partial charge on any atom is -0.396 e. The smallest absolute Gasteiger partial charge is 0.0480 e. The first-order valence-corrected chi connectivity index (χ1v) is 6.92. The van der Waals surface area contributed by atoms with E-state index in [1.807, 2.05) is 0 Å². The molecule has 19 heavy (non-hydrogen) atoms. The third-order valence-corrected chi connectivity index (χ3v) is 3.70. The van der Waals surface area contributed by atoms with E-state index in [9.17, 15) is 0 Å². The van der Waals surface area contributed by atoms with E-state index in [0.29, 0.717) is 0 Å². The van der Waals surface area contributed by atoms with Crippen LogP contribution < -0.4 is 5.32 Å². The molecule has 0 aliphatic heterocycles. The van der Waals surface area contributed by atoms with Crippen LogP contribution in [-0.2, 0) is 12.5 Å². The summed E-state index contributed by atoms with van der Waals surface area (Å²) in [7, 11) is 2.10. The Morgan fingerprint density at radius 3 is 2.74 bits per heavy atom. The van der Waals surface area contributed by atoms with E-state index in [4.69, 9.17) is 5.11 Å². The Morgan fingerprint density at radius 1 is 1.26 bits per heavy atom. The second-order valence-corrected chi connectivity index (χ2v) is 5.81. The predicted molar refractivity (Wildman–Crippen MR) is 80.5 cm³/mol. The molecular weight excluding hydrogens is 236 g/mol. The van der Waals surface area contributed by atoms with Crippen LogP contribution in [0.1, 0.15) is 25.8 Å². The van der Waals surface area contributed by atoms with Gasteiger partial charge < -0.3 is 15.0 Å². The number of nitrogens with one attached hydrogen (secondary N) is 1. The summed E-state index contributed by atoms with van der Waals surface area (Å²) in [6.45, 7) is 6.56. The molecule has 1 aromatic heterocycles. The highest BCUT2D eigenvalue weighted by atomic mass is 16.3. The van der Waals surface area contributed by atoms with Gasteiger partial charge in [0.05, 0.1) is 0 Å². The van der Waals surface area contributed by atoms with E-state index in [-0.39, 0.29) is 12.0 Å². The van der Waals surface area contributed by atoms with Crippen LogP contribution in [-0.4, -0.2) is 29.4 Å². The van der Waals surface area contributed by atoms with E-state index in [0.717, 1.165) is 19.5 Å². The van der Waals surface area contributed by atoms with Gasteiger partial charge >= 0.3 is 0 Å². The highest BCUT2D eigenvalue weighted by Crippen LogP contribution is 2.31. The summed E-state index contributed by atoms with van der Waals surface area (Å²) >= 11 is 0. The van der Waals surface area contributed by atoms with Gasteiger partial charge in [-0.15, -0.1) is 0 Å². The van der Waals surface area contributed by atoms with Gasteiger partial charge in [0.25, 0.3) is 0 Å². The lowest BCUT2D eigenvalue weighted by Crippen LogP contribution is -2.33. The Bertz CT molecular complexity index is 543. The molecule has 0 atom stereocenters. The molecule has 3 heteroatoms. The molecule has 0 aliphatic rings. The van der Waals surface area contributed by atoms with Crippen LogP contribution >= 0.6 is 0 Å². The van der Waals surface area contributed by atoms with Crippen LogP contribution in [0, 0.1) is 0 Å². The number of aromatic nitrogens is 1. The van der Waals surface area contributed by atoms with E-state index in [1.165, 1.54) is 16.5 Å². The first-order valence-electron chi connectivity index (χ1n) is 6.92. The number of hydrogen-bond donors (Lipinski definition) is 2. The summed E-state index contributed by atoms with van der Waals surface area (Å²) in [5, 5.41) is 13.6. The fourth-order valence-electron chi connectivity index (χ4n) is 2.58. The number of para-hydroxylation sites is 1. The van der Waals surface area contributed by atoms with Crippen LogP contribution in [0.4, 0.5) is 0 Å². The first kappa shape index (κ1) is 14.1. The summed E-state index contributed by atoms with van der Waals surface area (Å²) < 4.78 is 2.19. The second-order valence-electron chi connectivity index (χ2n) is 5.81. The van der Waals surface area contributed by atoms with Crippen molar-refractivity contribution in [2.24, 2.45) is 7.05 Å². The third kappa shape index (κ3) is 2.99. The minimum absolute atomic E-state index is 0.0797. The molecular formula is C16H24N2O. The molecule has 0 spiro atoms. The Morgan fingerprint density at radius 2 is 2.00 bits per heavy atom. The van der Waals surface area contributed by atoms with Crippen molar-refractivity contribution in [2.45, 2.75) is 25.7 Å². The summed E-state index contributed by atoms with van der Waals surface area (Å²) in [5.41, 5.74) is 2.74. The van der Waals surface area contributed by atoms with E-state index < -0.39 is 0 Å². The third-order valence-electron chi connectivity index (χ3n) is 3.70.